The van der Waals surface area contributed by atoms with Gasteiger partial charge in [-0.2, -0.15) is 0 Å². The van der Waals surface area contributed by atoms with Crippen LogP contribution in [-0.2, 0) is 4.74 Å². The van der Waals surface area contributed by atoms with Crippen molar-refractivity contribution >= 4 is 0 Å². The second-order valence-corrected chi connectivity index (χ2v) is 4.27. The van der Waals surface area contributed by atoms with Gasteiger partial charge in [-0.05, 0) is 32.7 Å². The summed E-state index contributed by atoms with van der Waals surface area (Å²) in [7, 11) is 1.86. The molecule has 3 nitrogen and oxygen atoms in total. The third-order valence-corrected chi connectivity index (χ3v) is 2.30. The molecule has 0 saturated heterocycles. The third kappa shape index (κ3) is 7.30. The van der Waals surface area contributed by atoms with Crippen LogP contribution in [0.5, 0.6) is 0 Å². The number of aliphatic hydroxyl groups excluding tert-OH is 1. The fraction of sp³-hybridized carbons (Fsp3) is 1.00. The first-order valence-corrected chi connectivity index (χ1v) is 5.49. The van der Waals surface area contributed by atoms with Crippen molar-refractivity contribution in [2.75, 3.05) is 20.3 Å². The van der Waals surface area contributed by atoms with Crippen LogP contribution in [0.3, 0.4) is 0 Å². The Hall–Kier alpha value is -0.120. The van der Waals surface area contributed by atoms with Gasteiger partial charge in [0.25, 0.3) is 0 Å². The molecule has 0 aliphatic rings. The first kappa shape index (κ1) is 13.9. The summed E-state index contributed by atoms with van der Waals surface area (Å²) in [6, 6.07) is 0.168. The largest absolute Gasteiger partial charge is 0.395 e. The van der Waals surface area contributed by atoms with E-state index in [1.54, 1.807) is 0 Å². The van der Waals surface area contributed by atoms with Crippen molar-refractivity contribution in [1.82, 2.24) is 5.32 Å². The van der Waals surface area contributed by atoms with Crippen LogP contribution in [0.1, 0.15) is 33.6 Å². The van der Waals surface area contributed by atoms with Crippen molar-refractivity contribution in [3.8, 4) is 0 Å². The zero-order valence-electron chi connectivity index (χ0n) is 9.92. The average Bonchev–Trinajstić information content (AvgIpc) is 2.11. The SMILES string of the molecule is CNC(CO)CCOC(C)CC(C)C. The van der Waals surface area contributed by atoms with E-state index in [-0.39, 0.29) is 12.6 Å². The van der Waals surface area contributed by atoms with Gasteiger partial charge in [0.2, 0.25) is 0 Å². The summed E-state index contributed by atoms with van der Waals surface area (Å²) < 4.78 is 5.64. The van der Waals surface area contributed by atoms with E-state index in [2.05, 4.69) is 26.1 Å². The number of aliphatic hydroxyl groups is 1. The van der Waals surface area contributed by atoms with Gasteiger partial charge in [0.05, 0.1) is 12.7 Å². The van der Waals surface area contributed by atoms with Crippen LogP contribution in [0.4, 0.5) is 0 Å². The molecule has 0 spiro atoms. The molecule has 0 radical (unpaired) electrons. The zero-order chi connectivity index (χ0) is 11.0. The quantitative estimate of drug-likeness (QED) is 0.626. The number of hydrogen-bond donors (Lipinski definition) is 2. The summed E-state index contributed by atoms with van der Waals surface area (Å²) in [5.74, 6) is 0.683. The summed E-state index contributed by atoms with van der Waals surface area (Å²) in [5.41, 5.74) is 0. The average molecular weight is 203 g/mol. The van der Waals surface area contributed by atoms with Gasteiger partial charge < -0.3 is 15.2 Å². The van der Waals surface area contributed by atoms with Gasteiger partial charge in [-0.3, -0.25) is 0 Å². The van der Waals surface area contributed by atoms with Gasteiger partial charge in [-0.15, -0.1) is 0 Å². The maximum atomic E-state index is 8.92. The molecular formula is C11H25NO2. The molecule has 3 heteroatoms. The zero-order valence-corrected chi connectivity index (χ0v) is 9.92. The van der Waals surface area contributed by atoms with Crippen molar-refractivity contribution in [2.24, 2.45) is 5.92 Å². The molecule has 2 atom stereocenters. The molecule has 0 aliphatic carbocycles. The molecule has 0 saturated carbocycles. The summed E-state index contributed by atoms with van der Waals surface area (Å²) in [4.78, 5) is 0. The molecule has 0 aromatic rings. The smallest absolute Gasteiger partial charge is 0.0585 e. The Morgan fingerprint density at radius 3 is 2.36 bits per heavy atom. The van der Waals surface area contributed by atoms with Crippen LogP contribution in [0.15, 0.2) is 0 Å². The van der Waals surface area contributed by atoms with Crippen LogP contribution < -0.4 is 5.32 Å². The lowest BCUT2D eigenvalue weighted by molar-refractivity contribution is 0.0429. The monoisotopic (exact) mass is 203 g/mol. The maximum absolute atomic E-state index is 8.92. The molecule has 0 aromatic carbocycles. The van der Waals surface area contributed by atoms with Gasteiger partial charge in [0.1, 0.15) is 0 Å². The minimum atomic E-state index is 0.168. The lowest BCUT2D eigenvalue weighted by atomic mass is 10.1. The predicted octanol–water partition coefficient (Wildman–Crippen LogP) is 1.41. The van der Waals surface area contributed by atoms with Crippen LogP contribution in [0.25, 0.3) is 0 Å². The van der Waals surface area contributed by atoms with Crippen molar-refractivity contribution < 1.29 is 9.84 Å². The van der Waals surface area contributed by atoms with E-state index in [4.69, 9.17) is 9.84 Å². The highest BCUT2D eigenvalue weighted by Gasteiger charge is 2.07. The minimum absolute atomic E-state index is 0.168. The summed E-state index contributed by atoms with van der Waals surface area (Å²) in [6.45, 7) is 7.40. The third-order valence-electron chi connectivity index (χ3n) is 2.30. The van der Waals surface area contributed by atoms with E-state index in [0.29, 0.717) is 12.0 Å². The molecule has 0 rings (SSSR count). The topological polar surface area (TPSA) is 41.5 Å². The molecule has 14 heavy (non-hydrogen) atoms. The Balaban J connectivity index is 3.42. The molecule has 2 unspecified atom stereocenters. The first-order chi connectivity index (χ1) is 6.60. The predicted molar refractivity (Wildman–Crippen MR) is 59.4 cm³/mol. The van der Waals surface area contributed by atoms with E-state index in [0.717, 1.165) is 19.4 Å². The summed E-state index contributed by atoms with van der Waals surface area (Å²) in [5, 5.41) is 12.0. The highest BCUT2D eigenvalue weighted by atomic mass is 16.5. The molecule has 0 bridgehead atoms. The maximum Gasteiger partial charge on any atom is 0.0585 e. The molecule has 2 N–H and O–H groups in total. The van der Waals surface area contributed by atoms with Gasteiger partial charge >= 0.3 is 0 Å². The van der Waals surface area contributed by atoms with E-state index in [9.17, 15) is 0 Å². The second kappa shape index (κ2) is 8.21. The Morgan fingerprint density at radius 1 is 1.29 bits per heavy atom. The Labute approximate surface area is 87.8 Å². The van der Waals surface area contributed by atoms with Crippen LogP contribution >= 0.6 is 0 Å². The lowest BCUT2D eigenvalue weighted by Crippen LogP contribution is -2.30. The first-order valence-electron chi connectivity index (χ1n) is 5.49. The molecule has 86 valence electrons. The number of rotatable bonds is 8. The standard InChI is InChI=1S/C11H25NO2/c1-9(2)7-10(3)14-6-5-11(8-13)12-4/h9-13H,5-8H2,1-4H3. The molecular weight excluding hydrogens is 178 g/mol. The molecule has 0 amide bonds. The van der Waals surface area contributed by atoms with Crippen LogP contribution in [-0.4, -0.2) is 37.5 Å². The highest BCUT2D eigenvalue weighted by molar-refractivity contribution is 4.62. The van der Waals surface area contributed by atoms with E-state index in [1.807, 2.05) is 7.05 Å². The van der Waals surface area contributed by atoms with Crippen LogP contribution in [0.2, 0.25) is 0 Å². The Bertz CT molecular complexity index is 124. The fourth-order valence-electron chi connectivity index (χ4n) is 1.47. The van der Waals surface area contributed by atoms with Crippen molar-refractivity contribution in [3.05, 3.63) is 0 Å². The van der Waals surface area contributed by atoms with Crippen LogP contribution in [0, 0.1) is 5.92 Å². The number of nitrogens with one attached hydrogen (secondary N) is 1. The molecule has 0 aliphatic heterocycles. The molecule has 0 heterocycles. The Morgan fingerprint density at radius 2 is 1.93 bits per heavy atom. The second-order valence-electron chi connectivity index (χ2n) is 4.27. The van der Waals surface area contributed by atoms with E-state index >= 15 is 0 Å². The Kier molecular flexibility index (Phi) is 8.14. The number of ether oxygens (including phenoxy) is 1. The minimum Gasteiger partial charge on any atom is -0.395 e. The van der Waals surface area contributed by atoms with Gasteiger partial charge in [0.15, 0.2) is 0 Å². The van der Waals surface area contributed by atoms with Gasteiger partial charge in [-0.1, -0.05) is 13.8 Å². The number of likely N-dealkylation sites (N-methyl/N-ethyl adjacent to an activating group) is 1. The fourth-order valence-corrected chi connectivity index (χ4v) is 1.47. The van der Waals surface area contributed by atoms with Crippen molar-refractivity contribution in [2.45, 2.75) is 45.8 Å². The highest BCUT2D eigenvalue weighted by Crippen LogP contribution is 2.07. The van der Waals surface area contributed by atoms with Crippen molar-refractivity contribution in [3.63, 3.8) is 0 Å². The summed E-state index contributed by atoms with van der Waals surface area (Å²) >= 11 is 0. The van der Waals surface area contributed by atoms with E-state index < -0.39 is 0 Å². The van der Waals surface area contributed by atoms with Gasteiger partial charge in [0, 0.05) is 12.6 Å². The molecule has 0 aromatic heterocycles. The molecule has 0 fully saturated rings. The number of hydrogen-bond acceptors (Lipinski definition) is 3. The lowest BCUT2D eigenvalue weighted by Gasteiger charge is -2.17. The van der Waals surface area contributed by atoms with E-state index in [1.165, 1.54) is 0 Å². The van der Waals surface area contributed by atoms with Gasteiger partial charge in [-0.25, -0.2) is 0 Å². The summed E-state index contributed by atoms with van der Waals surface area (Å²) in [6.07, 6.45) is 2.30. The van der Waals surface area contributed by atoms with Crippen molar-refractivity contribution in [1.29, 1.82) is 0 Å². The normalized spacial score (nSPS) is 15.9.